The lowest BCUT2D eigenvalue weighted by molar-refractivity contribution is -0.111. The number of carbonyl (C=O) groups excluding carboxylic acids is 1. The maximum Gasteiger partial charge on any atom is 0.248 e. The molecule has 0 atom stereocenters. The van der Waals surface area contributed by atoms with Crippen LogP contribution in [0.1, 0.15) is 5.76 Å². The predicted octanol–water partition coefficient (Wildman–Crippen LogP) is 6.18. The van der Waals surface area contributed by atoms with Crippen LogP contribution < -0.4 is 5.32 Å². The maximum absolute atomic E-state index is 13.5. The number of amides is 1. The van der Waals surface area contributed by atoms with E-state index in [1.165, 1.54) is 12.2 Å². The third-order valence-electron chi connectivity index (χ3n) is 3.41. The van der Waals surface area contributed by atoms with Gasteiger partial charge >= 0.3 is 0 Å². The van der Waals surface area contributed by atoms with E-state index in [0.29, 0.717) is 33.2 Å². The minimum absolute atomic E-state index is 0.117. The average Bonchev–Trinajstić information content (AvgIpc) is 3.04. The Hall–Kier alpha value is -2.63. The second-order valence-corrected chi connectivity index (χ2v) is 6.12. The Kier molecular flexibility index (Phi) is 5.40. The van der Waals surface area contributed by atoms with Crippen LogP contribution in [0.15, 0.2) is 59.0 Å². The van der Waals surface area contributed by atoms with Gasteiger partial charge in [0.2, 0.25) is 5.91 Å². The molecule has 0 fully saturated rings. The van der Waals surface area contributed by atoms with E-state index in [4.69, 9.17) is 27.6 Å². The molecule has 0 saturated carbocycles. The molecule has 0 aliphatic heterocycles. The van der Waals surface area contributed by atoms with E-state index < -0.39 is 17.5 Å². The summed E-state index contributed by atoms with van der Waals surface area (Å²) >= 11 is 12.0. The lowest BCUT2D eigenvalue weighted by atomic mass is 10.2. The van der Waals surface area contributed by atoms with Crippen LogP contribution in [0.2, 0.25) is 10.0 Å². The highest BCUT2D eigenvalue weighted by molar-refractivity contribution is 6.36. The summed E-state index contributed by atoms with van der Waals surface area (Å²) in [5.41, 5.74) is 0.544. The fourth-order valence-corrected chi connectivity index (χ4v) is 2.70. The molecular formula is C19H11Cl2F2NO2. The smallest absolute Gasteiger partial charge is 0.248 e. The van der Waals surface area contributed by atoms with Gasteiger partial charge in [-0.05, 0) is 48.5 Å². The first-order valence-corrected chi connectivity index (χ1v) is 8.17. The number of benzene rings is 2. The molecular weight excluding hydrogens is 383 g/mol. The van der Waals surface area contributed by atoms with Crippen molar-refractivity contribution >= 4 is 40.9 Å². The lowest BCUT2D eigenvalue weighted by Gasteiger charge is -2.03. The van der Waals surface area contributed by atoms with Crippen molar-refractivity contribution in [2.45, 2.75) is 0 Å². The summed E-state index contributed by atoms with van der Waals surface area (Å²) in [7, 11) is 0. The highest BCUT2D eigenvalue weighted by atomic mass is 35.5. The number of nitrogens with one attached hydrogen (secondary N) is 1. The molecule has 0 aliphatic carbocycles. The predicted molar refractivity (Wildman–Crippen MR) is 98.2 cm³/mol. The van der Waals surface area contributed by atoms with Crippen LogP contribution in [-0.2, 0) is 4.79 Å². The second-order valence-electron chi connectivity index (χ2n) is 5.27. The number of carbonyl (C=O) groups is 1. The monoisotopic (exact) mass is 393 g/mol. The van der Waals surface area contributed by atoms with Crippen molar-refractivity contribution in [3.8, 4) is 11.3 Å². The lowest BCUT2D eigenvalue weighted by Crippen LogP contribution is -2.09. The van der Waals surface area contributed by atoms with Crippen molar-refractivity contribution in [3.63, 3.8) is 0 Å². The Morgan fingerprint density at radius 2 is 1.85 bits per heavy atom. The van der Waals surface area contributed by atoms with Gasteiger partial charge in [-0.25, -0.2) is 8.78 Å². The van der Waals surface area contributed by atoms with E-state index in [0.717, 1.165) is 12.1 Å². The van der Waals surface area contributed by atoms with Crippen LogP contribution >= 0.6 is 23.2 Å². The first-order chi connectivity index (χ1) is 12.4. The van der Waals surface area contributed by atoms with Crippen LogP contribution in [0.25, 0.3) is 17.4 Å². The van der Waals surface area contributed by atoms with Crippen LogP contribution in [0.5, 0.6) is 0 Å². The topological polar surface area (TPSA) is 42.2 Å². The van der Waals surface area contributed by atoms with E-state index in [1.807, 2.05) is 0 Å². The summed E-state index contributed by atoms with van der Waals surface area (Å²) < 4.78 is 32.0. The van der Waals surface area contributed by atoms with Gasteiger partial charge in [0.15, 0.2) is 0 Å². The van der Waals surface area contributed by atoms with Crippen molar-refractivity contribution in [1.82, 2.24) is 0 Å². The van der Waals surface area contributed by atoms with Crippen LogP contribution in [-0.4, -0.2) is 5.91 Å². The van der Waals surface area contributed by atoms with Gasteiger partial charge in [0, 0.05) is 22.7 Å². The van der Waals surface area contributed by atoms with E-state index >= 15 is 0 Å². The summed E-state index contributed by atoms with van der Waals surface area (Å²) in [5, 5.41) is 3.26. The number of rotatable bonds is 4. The summed E-state index contributed by atoms with van der Waals surface area (Å²) in [6.45, 7) is 0. The molecule has 1 aromatic heterocycles. The third-order valence-corrected chi connectivity index (χ3v) is 3.96. The Labute approximate surface area is 157 Å². The number of furan rings is 1. The third kappa shape index (κ3) is 4.31. The Morgan fingerprint density at radius 3 is 2.58 bits per heavy atom. The Bertz CT molecular complexity index is 999. The quantitative estimate of drug-likeness (QED) is 0.537. The molecule has 7 heteroatoms. The van der Waals surface area contributed by atoms with E-state index in [1.54, 1.807) is 30.3 Å². The molecule has 2 aromatic carbocycles. The molecule has 132 valence electrons. The van der Waals surface area contributed by atoms with Crippen molar-refractivity contribution in [2.24, 2.45) is 0 Å². The minimum atomic E-state index is -0.857. The molecule has 3 nitrogen and oxygen atoms in total. The average molecular weight is 394 g/mol. The summed E-state index contributed by atoms with van der Waals surface area (Å²) in [6.07, 6.45) is 2.60. The number of halogens is 4. The highest BCUT2D eigenvalue weighted by Crippen LogP contribution is 2.31. The number of hydrogen-bond acceptors (Lipinski definition) is 2. The number of hydrogen-bond donors (Lipinski definition) is 1. The zero-order valence-electron chi connectivity index (χ0n) is 13.1. The molecule has 3 aromatic rings. The van der Waals surface area contributed by atoms with Crippen molar-refractivity contribution in [1.29, 1.82) is 0 Å². The first-order valence-electron chi connectivity index (χ1n) is 7.42. The van der Waals surface area contributed by atoms with Gasteiger partial charge in [-0.15, -0.1) is 0 Å². The molecule has 1 heterocycles. The van der Waals surface area contributed by atoms with Crippen molar-refractivity contribution < 1.29 is 18.0 Å². The van der Waals surface area contributed by atoms with Gasteiger partial charge in [0.1, 0.15) is 23.2 Å². The zero-order valence-corrected chi connectivity index (χ0v) is 14.6. The van der Waals surface area contributed by atoms with E-state index in [2.05, 4.69) is 5.32 Å². The van der Waals surface area contributed by atoms with Gasteiger partial charge in [0.05, 0.1) is 10.7 Å². The van der Waals surface area contributed by atoms with Crippen molar-refractivity contribution in [3.05, 3.63) is 82.0 Å². The van der Waals surface area contributed by atoms with Gasteiger partial charge in [-0.2, -0.15) is 0 Å². The van der Waals surface area contributed by atoms with E-state index in [9.17, 15) is 13.6 Å². The fourth-order valence-electron chi connectivity index (χ4n) is 2.20. The fraction of sp³-hybridized carbons (Fsp3) is 0. The normalized spacial score (nSPS) is 11.1. The number of anilines is 1. The molecule has 0 radical (unpaired) electrons. The summed E-state index contributed by atoms with van der Waals surface area (Å²) in [5.74, 6) is -1.25. The van der Waals surface area contributed by atoms with Crippen LogP contribution in [0, 0.1) is 11.6 Å². The first kappa shape index (κ1) is 18.2. The van der Waals surface area contributed by atoms with Crippen LogP contribution in [0.4, 0.5) is 14.5 Å². The van der Waals surface area contributed by atoms with Gasteiger partial charge in [-0.3, -0.25) is 4.79 Å². The largest absolute Gasteiger partial charge is 0.457 e. The summed E-state index contributed by atoms with van der Waals surface area (Å²) in [6, 6.07) is 11.2. The minimum Gasteiger partial charge on any atom is -0.457 e. The molecule has 3 rings (SSSR count). The van der Waals surface area contributed by atoms with Gasteiger partial charge in [-0.1, -0.05) is 23.2 Å². The van der Waals surface area contributed by atoms with Gasteiger partial charge in [0.25, 0.3) is 0 Å². The molecule has 1 amide bonds. The molecule has 0 saturated heterocycles. The SMILES string of the molecule is O=C(/C=C/c1ccc(-c2ccc(Cl)cc2Cl)o1)Nc1ccc(F)cc1F. The standard InChI is InChI=1S/C19H11Cl2F2NO2/c20-11-1-5-14(15(21)9-11)18-7-3-13(26-18)4-8-19(25)24-17-6-2-12(22)10-16(17)23/h1-10H,(H,24,25)/b8-4+. The zero-order chi connectivity index (χ0) is 18.7. The molecule has 26 heavy (non-hydrogen) atoms. The molecule has 0 aliphatic rings. The maximum atomic E-state index is 13.5. The molecule has 1 N–H and O–H groups in total. The Morgan fingerprint density at radius 1 is 1.04 bits per heavy atom. The molecule has 0 bridgehead atoms. The molecule has 0 spiro atoms. The van der Waals surface area contributed by atoms with E-state index in [-0.39, 0.29) is 5.69 Å². The highest BCUT2D eigenvalue weighted by Gasteiger charge is 2.09. The van der Waals surface area contributed by atoms with Crippen molar-refractivity contribution in [2.75, 3.05) is 5.32 Å². The van der Waals surface area contributed by atoms with Crippen LogP contribution in [0.3, 0.4) is 0 Å². The molecule has 0 unspecified atom stereocenters. The van der Waals surface area contributed by atoms with Gasteiger partial charge < -0.3 is 9.73 Å². The summed E-state index contributed by atoms with van der Waals surface area (Å²) in [4.78, 5) is 11.9. The Balaban J connectivity index is 1.71. The second kappa shape index (κ2) is 7.72.